The predicted molar refractivity (Wildman–Crippen MR) is 119 cm³/mol. The number of nitrogens with zero attached hydrogens (tertiary/aromatic N) is 1. The highest BCUT2D eigenvalue weighted by molar-refractivity contribution is 6.30. The summed E-state index contributed by atoms with van der Waals surface area (Å²) in [4.78, 5) is 26.2. The number of likely N-dealkylation sites (tertiary alicyclic amines) is 1. The van der Waals surface area contributed by atoms with Crippen LogP contribution < -0.4 is 10.6 Å². The third-order valence-corrected chi connectivity index (χ3v) is 6.52. The van der Waals surface area contributed by atoms with Crippen molar-refractivity contribution in [2.75, 3.05) is 26.2 Å². The number of urea groups is 1. The van der Waals surface area contributed by atoms with E-state index in [1.807, 2.05) is 12.1 Å². The summed E-state index contributed by atoms with van der Waals surface area (Å²) >= 11 is 5.99. The number of benzene rings is 1. The Morgan fingerprint density at radius 3 is 2.57 bits per heavy atom. The molecule has 166 valence electrons. The number of carbonyl (C=O) groups excluding carboxylic acids is 2. The largest absolute Gasteiger partial charge is 0.466 e. The Balaban J connectivity index is 1.39. The molecule has 0 bridgehead atoms. The zero-order valence-corrected chi connectivity index (χ0v) is 18.6. The van der Waals surface area contributed by atoms with Crippen LogP contribution in [0.4, 0.5) is 4.79 Å². The van der Waals surface area contributed by atoms with Crippen molar-refractivity contribution < 1.29 is 14.3 Å². The molecule has 0 aromatic heterocycles. The van der Waals surface area contributed by atoms with Crippen molar-refractivity contribution >= 4 is 23.6 Å². The summed E-state index contributed by atoms with van der Waals surface area (Å²) < 4.78 is 4.88. The molecule has 6 nitrogen and oxygen atoms in total. The van der Waals surface area contributed by atoms with Gasteiger partial charge in [0.1, 0.15) is 0 Å². The van der Waals surface area contributed by atoms with Gasteiger partial charge < -0.3 is 15.4 Å². The maximum absolute atomic E-state index is 12.2. The van der Waals surface area contributed by atoms with Crippen LogP contribution in [-0.2, 0) is 16.0 Å². The van der Waals surface area contributed by atoms with Crippen LogP contribution in [0.15, 0.2) is 24.3 Å². The minimum atomic E-state index is -0.280. The quantitative estimate of drug-likeness (QED) is 0.610. The molecule has 2 N–H and O–H groups in total. The molecule has 2 aliphatic rings. The third-order valence-electron chi connectivity index (χ3n) is 6.27. The smallest absolute Gasteiger partial charge is 0.315 e. The zero-order chi connectivity index (χ0) is 21.3. The topological polar surface area (TPSA) is 70.7 Å². The Labute approximate surface area is 184 Å². The van der Waals surface area contributed by atoms with Crippen molar-refractivity contribution in [3.63, 3.8) is 0 Å². The summed E-state index contributed by atoms with van der Waals surface area (Å²) in [6.07, 6.45) is 6.99. The van der Waals surface area contributed by atoms with Crippen molar-refractivity contribution in [3.05, 3.63) is 34.9 Å². The first kappa shape index (κ1) is 22.9. The van der Waals surface area contributed by atoms with Crippen LogP contribution in [-0.4, -0.2) is 55.2 Å². The van der Waals surface area contributed by atoms with Crippen LogP contribution in [0.1, 0.15) is 51.0 Å². The molecule has 2 unspecified atom stereocenters. The van der Waals surface area contributed by atoms with Crippen LogP contribution in [0.25, 0.3) is 0 Å². The van der Waals surface area contributed by atoms with Crippen molar-refractivity contribution in [1.29, 1.82) is 0 Å². The number of piperidine rings is 1. The molecule has 1 saturated carbocycles. The highest BCUT2D eigenvalue weighted by Gasteiger charge is 2.35. The summed E-state index contributed by atoms with van der Waals surface area (Å²) in [5, 5.41) is 6.70. The molecule has 1 heterocycles. The van der Waals surface area contributed by atoms with E-state index in [0.717, 1.165) is 43.8 Å². The predicted octanol–water partition coefficient (Wildman–Crippen LogP) is 3.77. The molecule has 1 aromatic rings. The Morgan fingerprint density at radius 2 is 1.87 bits per heavy atom. The molecule has 1 aliphatic heterocycles. The average Bonchev–Trinajstić information content (AvgIpc) is 3.18. The number of nitrogens with one attached hydrogen (secondary N) is 2. The molecule has 1 aromatic carbocycles. The number of esters is 1. The van der Waals surface area contributed by atoms with Gasteiger partial charge in [-0.2, -0.15) is 0 Å². The number of hydrogen-bond donors (Lipinski definition) is 2. The second kappa shape index (κ2) is 11.6. The minimum Gasteiger partial charge on any atom is -0.466 e. The average molecular weight is 436 g/mol. The fourth-order valence-corrected chi connectivity index (χ4v) is 4.85. The van der Waals surface area contributed by atoms with Gasteiger partial charge in [0.25, 0.3) is 0 Å². The van der Waals surface area contributed by atoms with E-state index in [2.05, 4.69) is 27.7 Å². The van der Waals surface area contributed by atoms with E-state index in [9.17, 15) is 9.59 Å². The number of ether oxygens (including phenoxy) is 1. The van der Waals surface area contributed by atoms with E-state index in [-0.39, 0.29) is 24.5 Å². The molecular weight excluding hydrogens is 402 g/mol. The first-order valence-corrected chi connectivity index (χ1v) is 11.6. The molecule has 0 radical (unpaired) electrons. The summed E-state index contributed by atoms with van der Waals surface area (Å²) in [5.41, 5.74) is 1.36. The van der Waals surface area contributed by atoms with E-state index in [4.69, 9.17) is 16.3 Å². The van der Waals surface area contributed by atoms with Gasteiger partial charge in [-0.3, -0.25) is 9.69 Å². The number of hydrogen-bond acceptors (Lipinski definition) is 4. The van der Waals surface area contributed by atoms with Crippen LogP contribution in [0.3, 0.4) is 0 Å². The fraction of sp³-hybridized carbons (Fsp3) is 0.652. The first-order valence-electron chi connectivity index (χ1n) is 11.2. The third kappa shape index (κ3) is 6.88. The van der Waals surface area contributed by atoms with E-state index < -0.39 is 0 Å². The Kier molecular flexibility index (Phi) is 8.82. The fourth-order valence-electron chi connectivity index (χ4n) is 4.72. The minimum absolute atomic E-state index is 0.181. The lowest BCUT2D eigenvalue weighted by Gasteiger charge is -2.38. The Hall–Kier alpha value is -1.79. The van der Waals surface area contributed by atoms with Gasteiger partial charge in [-0.1, -0.05) is 23.7 Å². The second-order valence-electron chi connectivity index (χ2n) is 8.37. The van der Waals surface area contributed by atoms with Crippen molar-refractivity contribution in [1.82, 2.24) is 15.5 Å². The second-order valence-corrected chi connectivity index (χ2v) is 8.81. The van der Waals surface area contributed by atoms with E-state index in [1.165, 1.54) is 18.4 Å². The van der Waals surface area contributed by atoms with Gasteiger partial charge in [0, 0.05) is 23.7 Å². The monoisotopic (exact) mass is 435 g/mol. The molecule has 1 saturated heterocycles. The number of halogens is 1. The van der Waals surface area contributed by atoms with Crippen LogP contribution >= 0.6 is 11.6 Å². The van der Waals surface area contributed by atoms with Gasteiger partial charge in [0.2, 0.25) is 0 Å². The summed E-state index contributed by atoms with van der Waals surface area (Å²) in [5.74, 6) is 0.430. The molecule has 3 rings (SSSR count). The van der Waals surface area contributed by atoms with Crippen LogP contribution in [0.2, 0.25) is 5.02 Å². The SMILES string of the molecule is CCOC(=O)CCNC(=O)NC1CCCC1N1CCC(Cc2ccc(Cl)cc2)CC1. The summed E-state index contributed by atoms with van der Waals surface area (Å²) in [6.45, 7) is 4.62. The van der Waals surface area contributed by atoms with Gasteiger partial charge >= 0.3 is 12.0 Å². The van der Waals surface area contributed by atoms with E-state index in [0.29, 0.717) is 25.1 Å². The summed E-state index contributed by atoms with van der Waals surface area (Å²) in [6, 6.07) is 8.61. The summed E-state index contributed by atoms with van der Waals surface area (Å²) in [7, 11) is 0. The highest BCUT2D eigenvalue weighted by atomic mass is 35.5. The zero-order valence-electron chi connectivity index (χ0n) is 17.9. The standard InChI is InChI=1S/C23H34ClN3O3/c1-2-30-22(28)10-13-25-23(29)26-20-4-3-5-21(20)27-14-11-18(12-15-27)16-17-6-8-19(24)9-7-17/h6-9,18,20-21H,2-5,10-16H2,1H3,(H2,25,26,29). The van der Waals surface area contributed by atoms with E-state index in [1.54, 1.807) is 6.92 Å². The molecule has 2 atom stereocenters. The lowest BCUT2D eigenvalue weighted by Crippen LogP contribution is -2.53. The maximum Gasteiger partial charge on any atom is 0.315 e. The van der Waals surface area contributed by atoms with E-state index >= 15 is 0 Å². The van der Waals surface area contributed by atoms with Crippen LogP contribution in [0.5, 0.6) is 0 Å². The normalized spacial score (nSPS) is 22.6. The lowest BCUT2D eigenvalue weighted by atomic mass is 9.89. The lowest BCUT2D eigenvalue weighted by molar-refractivity contribution is -0.142. The van der Waals surface area contributed by atoms with Gasteiger partial charge in [-0.05, 0) is 82.2 Å². The molecule has 1 aliphatic carbocycles. The Morgan fingerprint density at radius 1 is 1.13 bits per heavy atom. The maximum atomic E-state index is 12.2. The van der Waals surface area contributed by atoms with Gasteiger partial charge in [0.05, 0.1) is 13.0 Å². The number of carbonyl (C=O) groups is 2. The van der Waals surface area contributed by atoms with Crippen molar-refractivity contribution in [2.24, 2.45) is 5.92 Å². The Bertz CT molecular complexity index is 689. The molecular formula is C23H34ClN3O3. The number of amides is 2. The molecule has 0 spiro atoms. The number of rotatable bonds is 8. The van der Waals surface area contributed by atoms with Crippen molar-refractivity contribution in [3.8, 4) is 0 Å². The highest BCUT2D eigenvalue weighted by Crippen LogP contribution is 2.30. The van der Waals surface area contributed by atoms with Crippen molar-refractivity contribution in [2.45, 2.75) is 64.0 Å². The molecule has 7 heteroatoms. The van der Waals surface area contributed by atoms with Gasteiger partial charge in [-0.15, -0.1) is 0 Å². The molecule has 30 heavy (non-hydrogen) atoms. The van der Waals surface area contributed by atoms with Crippen LogP contribution in [0, 0.1) is 5.92 Å². The van der Waals surface area contributed by atoms with Gasteiger partial charge in [0.15, 0.2) is 0 Å². The van der Waals surface area contributed by atoms with Gasteiger partial charge in [-0.25, -0.2) is 4.79 Å². The molecule has 2 amide bonds. The molecule has 2 fully saturated rings. The first-order chi connectivity index (χ1) is 14.5.